The van der Waals surface area contributed by atoms with Crippen molar-refractivity contribution in [3.63, 3.8) is 0 Å². The zero-order valence-electron chi connectivity index (χ0n) is 7.75. The average Bonchev–Trinajstić information content (AvgIpc) is 2.65. The Morgan fingerprint density at radius 1 is 1.60 bits per heavy atom. The van der Waals surface area contributed by atoms with Gasteiger partial charge in [-0.1, -0.05) is 11.3 Å². The topological polar surface area (TPSA) is 58.7 Å². The Bertz CT molecular complexity index is 564. The number of aromatic nitrogens is 2. The van der Waals surface area contributed by atoms with E-state index in [1.54, 1.807) is 34.5 Å². The fourth-order valence-corrected chi connectivity index (χ4v) is 1.82. The van der Waals surface area contributed by atoms with Gasteiger partial charge in [0.2, 0.25) is 0 Å². The maximum atomic E-state index is 11.3. The molecule has 74 valence electrons. The number of nitrogens with zero attached hydrogens (tertiary/aromatic N) is 3. The minimum Gasteiger partial charge on any atom is -0.302 e. The van der Waals surface area contributed by atoms with Gasteiger partial charge in [-0.15, -0.1) is 0 Å². The summed E-state index contributed by atoms with van der Waals surface area (Å²) < 4.78 is 1.60. The highest BCUT2D eigenvalue weighted by molar-refractivity contribution is 7.07. The molecule has 2 aromatic heterocycles. The van der Waals surface area contributed by atoms with E-state index in [1.165, 1.54) is 0 Å². The molecule has 15 heavy (non-hydrogen) atoms. The van der Waals surface area contributed by atoms with Crippen molar-refractivity contribution in [1.29, 1.82) is 5.26 Å². The molecule has 4 nitrogen and oxygen atoms in total. The molecular formula is C10H7N3OS. The van der Waals surface area contributed by atoms with E-state index in [9.17, 15) is 4.79 Å². The Morgan fingerprint density at radius 3 is 3.13 bits per heavy atom. The van der Waals surface area contributed by atoms with Crippen molar-refractivity contribution in [3.8, 4) is 6.07 Å². The van der Waals surface area contributed by atoms with Crippen LogP contribution in [0.1, 0.15) is 11.3 Å². The van der Waals surface area contributed by atoms with Crippen LogP contribution >= 0.6 is 11.3 Å². The van der Waals surface area contributed by atoms with E-state index >= 15 is 0 Å². The van der Waals surface area contributed by atoms with Crippen LogP contribution in [0.15, 0.2) is 34.7 Å². The van der Waals surface area contributed by atoms with Gasteiger partial charge in [0, 0.05) is 17.8 Å². The second kappa shape index (κ2) is 4.07. The molecule has 2 heterocycles. The van der Waals surface area contributed by atoms with Crippen LogP contribution in [0.25, 0.3) is 0 Å². The van der Waals surface area contributed by atoms with Crippen molar-refractivity contribution in [2.75, 3.05) is 0 Å². The van der Waals surface area contributed by atoms with Gasteiger partial charge in [0.05, 0.1) is 6.54 Å². The van der Waals surface area contributed by atoms with Gasteiger partial charge in [-0.3, -0.25) is 4.79 Å². The lowest BCUT2D eigenvalue weighted by molar-refractivity contribution is 0.782. The standard InChI is InChI=1S/C10H7N3OS/c11-6-9-5-8(1-2-12-9)7-13-3-4-15-10(13)14/h1-5H,7H2. The molecule has 0 aliphatic carbocycles. The lowest BCUT2D eigenvalue weighted by Gasteiger charge is -2.00. The second-order valence-electron chi connectivity index (χ2n) is 2.96. The van der Waals surface area contributed by atoms with E-state index in [4.69, 9.17) is 5.26 Å². The van der Waals surface area contributed by atoms with Crippen LogP contribution in [0.3, 0.4) is 0 Å². The summed E-state index contributed by atoms with van der Waals surface area (Å²) in [7, 11) is 0. The summed E-state index contributed by atoms with van der Waals surface area (Å²) >= 11 is 1.16. The first-order valence-electron chi connectivity index (χ1n) is 4.28. The Labute approximate surface area is 90.1 Å². The summed E-state index contributed by atoms with van der Waals surface area (Å²) in [4.78, 5) is 15.1. The largest absolute Gasteiger partial charge is 0.307 e. The third-order valence-corrected chi connectivity index (χ3v) is 2.63. The van der Waals surface area contributed by atoms with Gasteiger partial charge in [-0.25, -0.2) is 4.98 Å². The quantitative estimate of drug-likeness (QED) is 0.760. The van der Waals surface area contributed by atoms with Crippen LogP contribution in [0.2, 0.25) is 0 Å². The predicted molar refractivity (Wildman–Crippen MR) is 56.6 cm³/mol. The summed E-state index contributed by atoms with van der Waals surface area (Å²) in [5.41, 5.74) is 1.28. The first-order valence-corrected chi connectivity index (χ1v) is 5.16. The first kappa shape index (κ1) is 9.62. The van der Waals surface area contributed by atoms with Crippen molar-refractivity contribution in [2.24, 2.45) is 0 Å². The molecule has 0 unspecified atom stereocenters. The van der Waals surface area contributed by atoms with E-state index < -0.39 is 0 Å². The van der Waals surface area contributed by atoms with Gasteiger partial charge in [-0.2, -0.15) is 5.26 Å². The molecule has 0 radical (unpaired) electrons. The van der Waals surface area contributed by atoms with Crippen molar-refractivity contribution in [3.05, 3.63) is 50.8 Å². The minimum atomic E-state index is 0.00493. The number of hydrogen-bond acceptors (Lipinski definition) is 4. The predicted octanol–water partition coefficient (Wildman–Crippen LogP) is 1.22. The van der Waals surface area contributed by atoms with E-state index in [2.05, 4.69) is 4.98 Å². The molecule has 2 rings (SSSR count). The monoisotopic (exact) mass is 217 g/mol. The number of nitriles is 1. The first-order chi connectivity index (χ1) is 7.29. The van der Waals surface area contributed by atoms with Gasteiger partial charge in [0.25, 0.3) is 0 Å². The van der Waals surface area contributed by atoms with E-state index in [-0.39, 0.29) is 4.87 Å². The molecule has 0 bridgehead atoms. The molecule has 0 saturated carbocycles. The summed E-state index contributed by atoms with van der Waals surface area (Å²) in [5.74, 6) is 0. The van der Waals surface area contributed by atoms with E-state index in [0.717, 1.165) is 16.9 Å². The van der Waals surface area contributed by atoms with Crippen molar-refractivity contribution >= 4 is 11.3 Å². The maximum Gasteiger partial charge on any atom is 0.307 e. The highest BCUT2D eigenvalue weighted by Crippen LogP contribution is 2.03. The van der Waals surface area contributed by atoms with Crippen molar-refractivity contribution < 1.29 is 0 Å². The summed E-state index contributed by atoms with van der Waals surface area (Å²) in [6.07, 6.45) is 3.31. The van der Waals surface area contributed by atoms with Gasteiger partial charge in [-0.05, 0) is 17.7 Å². The summed E-state index contributed by atoms with van der Waals surface area (Å²) in [6.45, 7) is 0.486. The van der Waals surface area contributed by atoms with Crippen LogP contribution < -0.4 is 4.87 Å². The fourth-order valence-electron chi connectivity index (χ4n) is 1.24. The number of rotatable bonds is 2. The van der Waals surface area contributed by atoms with Crippen LogP contribution in [0.5, 0.6) is 0 Å². The number of hydrogen-bond donors (Lipinski definition) is 0. The van der Waals surface area contributed by atoms with Crippen LogP contribution in [0.4, 0.5) is 0 Å². The lowest BCUT2D eigenvalue weighted by atomic mass is 10.2. The Kier molecular flexibility index (Phi) is 2.61. The maximum absolute atomic E-state index is 11.3. The molecule has 2 aromatic rings. The molecule has 0 aliphatic heterocycles. The zero-order valence-corrected chi connectivity index (χ0v) is 8.57. The molecule has 0 amide bonds. The molecule has 5 heteroatoms. The zero-order chi connectivity index (χ0) is 10.7. The van der Waals surface area contributed by atoms with Gasteiger partial charge in [0.1, 0.15) is 11.8 Å². The SMILES string of the molecule is N#Cc1cc(Cn2ccsc2=O)ccn1. The molecule has 0 atom stereocenters. The molecule has 0 spiro atoms. The highest BCUT2D eigenvalue weighted by Gasteiger charge is 2.00. The highest BCUT2D eigenvalue weighted by atomic mass is 32.1. The van der Waals surface area contributed by atoms with E-state index in [1.807, 2.05) is 6.07 Å². The number of thiazole rings is 1. The van der Waals surface area contributed by atoms with E-state index in [0.29, 0.717) is 12.2 Å². The van der Waals surface area contributed by atoms with Crippen LogP contribution in [0, 0.1) is 11.3 Å². The fraction of sp³-hybridized carbons (Fsp3) is 0.100. The Morgan fingerprint density at radius 2 is 2.47 bits per heavy atom. The third-order valence-electron chi connectivity index (χ3n) is 1.94. The second-order valence-corrected chi connectivity index (χ2v) is 3.82. The van der Waals surface area contributed by atoms with Crippen molar-refractivity contribution in [1.82, 2.24) is 9.55 Å². The van der Waals surface area contributed by atoms with Gasteiger partial charge >= 0.3 is 4.87 Å². The molecule has 0 saturated heterocycles. The molecule has 0 aliphatic rings. The summed E-state index contributed by atoms with van der Waals surface area (Å²) in [6, 6.07) is 5.45. The normalized spacial score (nSPS) is 9.80. The van der Waals surface area contributed by atoms with Crippen molar-refractivity contribution in [2.45, 2.75) is 6.54 Å². The molecular weight excluding hydrogens is 210 g/mol. The molecule has 0 fully saturated rings. The third kappa shape index (κ3) is 2.11. The van der Waals surface area contributed by atoms with Crippen LogP contribution in [-0.2, 0) is 6.54 Å². The average molecular weight is 217 g/mol. The van der Waals surface area contributed by atoms with Gasteiger partial charge < -0.3 is 4.57 Å². The van der Waals surface area contributed by atoms with Crippen LogP contribution in [-0.4, -0.2) is 9.55 Å². The summed E-state index contributed by atoms with van der Waals surface area (Å²) in [5, 5.41) is 10.4. The lowest BCUT2D eigenvalue weighted by Crippen LogP contribution is -2.12. The van der Waals surface area contributed by atoms with Gasteiger partial charge in [0.15, 0.2) is 0 Å². The molecule has 0 aromatic carbocycles. The Hall–Kier alpha value is -1.93. The Balaban J connectivity index is 2.29. The number of pyridine rings is 1. The smallest absolute Gasteiger partial charge is 0.302 e. The molecule has 0 N–H and O–H groups in total. The minimum absolute atomic E-state index is 0.00493.